The monoisotopic (exact) mass is 267 g/mol. The van der Waals surface area contributed by atoms with Gasteiger partial charge in [-0.2, -0.15) is 5.26 Å². The third-order valence-electron chi connectivity index (χ3n) is 3.02. The summed E-state index contributed by atoms with van der Waals surface area (Å²) in [5.74, 6) is -1.01. The summed E-state index contributed by atoms with van der Waals surface area (Å²) in [7, 11) is 1.83. The van der Waals surface area contributed by atoms with Crippen LogP contribution in [0.25, 0.3) is 0 Å². The molecule has 100 valence electrons. The zero-order chi connectivity index (χ0) is 14.7. The Labute approximate surface area is 116 Å². The standard InChI is InChI=1S/C15H13N3O2/c1-18(12-5-2-10(9-16)3-6-12)14-7-4-11(15(19)20)8-13(14)17/h2-8H,17H2,1H3,(H,19,20). The van der Waals surface area contributed by atoms with Crippen LogP contribution in [0, 0.1) is 11.3 Å². The second kappa shape index (κ2) is 5.33. The molecule has 0 spiro atoms. The summed E-state index contributed by atoms with van der Waals surface area (Å²) in [4.78, 5) is 12.7. The van der Waals surface area contributed by atoms with E-state index in [4.69, 9.17) is 16.1 Å². The van der Waals surface area contributed by atoms with Gasteiger partial charge in [-0.15, -0.1) is 0 Å². The molecular weight excluding hydrogens is 254 g/mol. The molecule has 0 unspecified atom stereocenters. The van der Waals surface area contributed by atoms with Crippen molar-refractivity contribution >= 4 is 23.0 Å². The number of aromatic carboxylic acids is 1. The quantitative estimate of drug-likeness (QED) is 0.834. The van der Waals surface area contributed by atoms with Crippen molar-refractivity contribution in [3.63, 3.8) is 0 Å². The van der Waals surface area contributed by atoms with Crippen molar-refractivity contribution in [2.45, 2.75) is 0 Å². The molecule has 0 radical (unpaired) electrons. The number of carboxylic acids is 1. The molecule has 0 heterocycles. The average molecular weight is 267 g/mol. The van der Waals surface area contributed by atoms with Gasteiger partial charge in [-0.25, -0.2) is 4.79 Å². The molecule has 0 aliphatic carbocycles. The molecule has 0 aromatic heterocycles. The van der Waals surface area contributed by atoms with Crippen molar-refractivity contribution in [3.8, 4) is 6.07 Å². The van der Waals surface area contributed by atoms with Crippen LogP contribution in [0.5, 0.6) is 0 Å². The van der Waals surface area contributed by atoms with E-state index in [2.05, 4.69) is 6.07 Å². The van der Waals surface area contributed by atoms with Gasteiger partial charge in [0.2, 0.25) is 0 Å². The number of hydrogen-bond acceptors (Lipinski definition) is 4. The molecule has 0 bridgehead atoms. The third kappa shape index (κ3) is 2.54. The highest BCUT2D eigenvalue weighted by atomic mass is 16.4. The van der Waals surface area contributed by atoms with E-state index in [1.165, 1.54) is 12.1 Å². The molecule has 0 saturated carbocycles. The van der Waals surface area contributed by atoms with E-state index < -0.39 is 5.97 Å². The maximum Gasteiger partial charge on any atom is 0.335 e. The third-order valence-corrected chi connectivity index (χ3v) is 3.02. The predicted molar refractivity (Wildman–Crippen MR) is 77.0 cm³/mol. The SMILES string of the molecule is CN(c1ccc(C#N)cc1)c1ccc(C(=O)O)cc1N. The summed E-state index contributed by atoms with van der Waals surface area (Å²) >= 11 is 0. The van der Waals surface area contributed by atoms with E-state index in [-0.39, 0.29) is 5.56 Å². The molecule has 0 aliphatic rings. The van der Waals surface area contributed by atoms with Crippen molar-refractivity contribution in [1.29, 1.82) is 5.26 Å². The first-order valence-corrected chi connectivity index (χ1v) is 5.89. The van der Waals surface area contributed by atoms with Crippen molar-refractivity contribution in [2.75, 3.05) is 17.7 Å². The van der Waals surface area contributed by atoms with Crippen LogP contribution >= 0.6 is 0 Å². The Morgan fingerprint density at radius 2 is 1.90 bits per heavy atom. The van der Waals surface area contributed by atoms with E-state index in [1.807, 2.05) is 24.1 Å². The Balaban J connectivity index is 2.35. The topological polar surface area (TPSA) is 90.3 Å². The van der Waals surface area contributed by atoms with Crippen LogP contribution in [0.2, 0.25) is 0 Å². The molecule has 0 amide bonds. The van der Waals surface area contributed by atoms with Crippen LogP contribution in [-0.4, -0.2) is 18.1 Å². The Morgan fingerprint density at radius 3 is 2.40 bits per heavy atom. The van der Waals surface area contributed by atoms with Gasteiger partial charge in [0.1, 0.15) is 0 Å². The second-order valence-electron chi connectivity index (χ2n) is 4.30. The second-order valence-corrected chi connectivity index (χ2v) is 4.30. The van der Waals surface area contributed by atoms with Gasteiger partial charge >= 0.3 is 5.97 Å². The van der Waals surface area contributed by atoms with Crippen molar-refractivity contribution in [2.24, 2.45) is 0 Å². The van der Waals surface area contributed by atoms with Crippen LogP contribution < -0.4 is 10.6 Å². The number of nitrogens with two attached hydrogens (primary N) is 1. The molecule has 5 heteroatoms. The van der Waals surface area contributed by atoms with E-state index >= 15 is 0 Å². The Bertz CT molecular complexity index is 687. The fraction of sp³-hybridized carbons (Fsp3) is 0.0667. The van der Waals surface area contributed by atoms with Gasteiger partial charge in [0, 0.05) is 12.7 Å². The first-order chi connectivity index (χ1) is 9.52. The van der Waals surface area contributed by atoms with Crippen LogP contribution in [0.1, 0.15) is 15.9 Å². The average Bonchev–Trinajstić information content (AvgIpc) is 2.46. The lowest BCUT2D eigenvalue weighted by Gasteiger charge is -2.21. The summed E-state index contributed by atoms with van der Waals surface area (Å²) in [6, 6.07) is 13.7. The van der Waals surface area contributed by atoms with Gasteiger partial charge in [0.15, 0.2) is 0 Å². The molecule has 5 nitrogen and oxygen atoms in total. The van der Waals surface area contributed by atoms with E-state index in [0.29, 0.717) is 16.9 Å². The maximum absolute atomic E-state index is 10.9. The van der Waals surface area contributed by atoms with Gasteiger partial charge in [0.05, 0.1) is 28.6 Å². The summed E-state index contributed by atoms with van der Waals surface area (Å²) in [6.45, 7) is 0. The number of anilines is 3. The van der Waals surface area contributed by atoms with Crippen LogP contribution in [0.4, 0.5) is 17.1 Å². The summed E-state index contributed by atoms with van der Waals surface area (Å²) in [5, 5.41) is 17.7. The van der Waals surface area contributed by atoms with Gasteiger partial charge in [-0.05, 0) is 42.5 Å². The zero-order valence-electron chi connectivity index (χ0n) is 10.9. The number of nitrogen functional groups attached to an aromatic ring is 1. The molecule has 0 fully saturated rings. The Hall–Kier alpha value is -3.00. The fourth-order valence-corrected chi connectivity index (χ4v) is 1.89. The van der Waals surface area contributed by atoms with Crippen LogP contribution in [0.3, 0.4) is 0 Å². The molecule has 0 saturated heterocycles. The van der Waals surface area contributed by atoms with E-state index in [0.717, 1.165) is 5.69 Å². The van der Waals surface area contributed by atoms with Gasteiger partial charge in [0.25, 0.3) is 0 Å². The molecule has 20 heavy (non-hydrogen) atoms. The highest BCUT2D eigenvalue weighted by Crippen LogP contribution is 2.29. The minimum absolute atomic E-state index is 0.152. The molecule has 2 rings (SSSR count). The Morgan fingerprint density at radius 1 is 1.25 bits per heavy atom. The lowest BCUT2D eigenvalue weighted by atomic mass is 10.1. The summed E-state index contributed by atoms with van der Waals surface area (Å²) in [6.07, 6.45) is 0. The number of carbonyl (C=O) groups is 1. The molecule has 0 aliphatic heterocycles. The number of carboxylic acid groups (broad SMARTS) is 1. The number of hydrogen-bond donors (Lipinski definition) is 2. The summed E-state index contributed by atoms with van der Waals surface area (Å²) in [5.41, 5.74) is 8.58. The first-order valence-electron chi connectivity index (χ1n) is 5.89. The maximum atomic E-state index is 10.9. The smallest absolute Gasteiger partial charge is 0.335 e. The summed E-state index contributed by atoms with van der Waals surface area (Å²) < 4.78 is 0. The predicted octanol–water partition coefficient (Wildman–Crippen LogP) is 2.61. The molecule has 3 N–H and O–H groups in total. The Kier molecular flexibility index (Phi) is 3.58. The largest absolute Gasteiger partial charge is 0.478 e. The van der Waals surface area contributed by atoms with Gasteiger partial charge in [-0.1, -0.05) is 0 Å². The molecule has 2 aromatic carbocycles. The van der Waals surface area contributed by atoms with Crippen LogP contribution in [-0.2, 0) is 0 Å². The minimum atomic E-state index is -1.01. The minimum Gasteiger partial charge on any atom is -0.478 e. The van der Waals surface area contributed by atoms with Crippen molar-refractivity contribution in [1.82, 2.24) is 0 Å². The van der Waals surface area contributed by atoms with Gasteiger partial charge in [-0.3, -0.25) is 0 Å². The number of benzene rings is 2. The number of nitriles is 1. The van der Waals surface area contributed by atoms with Crippen molar-refractivity contribution < 1.29 is 9.90 Å². The molecule has 0 atom stereocenters. The number of nitrogens with zero attached hydrogens (tertiary/aromatic N) is 2. The van der Waals surface area contributed by atoms with Gasteiger partial charge < -0.3 is 15.7 Å². The fourth-order valence-electron chi connectivity index (χ4n) is 1.89. The van der Waals surface area contributed by atoms with E-state index in [1.54, 1.807) is 18.2 Å². The highest BCUT2D eigenvalue weighted by molar-refractivity contribution is 5.91. The van der Waals surface area contributed by atoms with E-state index in [9.17, 15) is 4.79 Å². The van der Waals surface area contributed by atoms with Crippen LogP contribution in [0.15, 0.2) is 42.5 Å². The first kappa shape index (κ1) is 13.4. The number of rotatable bonds is 3. The lowest BCUT2D eigenvalue weighted by molar-refractivity contribution is 0.0697. The lowest BCUT2D eigenvalue weighted by Crippen LogP contribution is -2.12. The normalized spacial score (nSPS) is 9.80. The highest BCUT2D eigenvalue weighted by Gasteiger charge is 2.10. The van der Waals surface area contributed by atoms with Crippen molar-refractivity contribution in [3.05, 3.63) is 53.6 Å². The zero-order valence-corrected chi connectivity index (χ0v) is 10.9. The molecule has 2 aromatic rings. The molecular formula is C15H13N3O2.